The summed E-state index contributed by atoms with van der Waals surface area (Å²) in [6, 6.07) is 9.66. The van der Waals surface area contributed by atoms with E-state index in [1.807, 2.05) is 0 Å². The van der Waals surface area contributed by atoms with Crippen molar-refractivity contribution in [3.63, 3.8) is 0 Å². The second kappa shape index (κ2) is 6.52. The molecule has 2 rings (SSSR count). The fraction of sp³-hybridized carbons (Fsp3) is 0.333. The van der Waals surface area contributed by atoms with E-state index >= 15 is 0 Å². The Bertz CT molecular complexity index is 661. The first-order chi connectivity index (χ1) is 9.56. The zero-order valence-corrected chi connectivity index (χ0v) is 13.4. The minimum absolute atomic E-state index is 0.344. The maximum atomic E-state index is 12.1. The molecule has 0 fully saturated rings. The Balaban J connectivity index is 2.18. The Morgan fingerprint density at radius 2 is 1.90 bits per heavy atom. The monoisotopic (exact) mass is 309 g/mol. The lowest BCUT2D eigenvalue weighted by atomic mass is 10.0. The topological polar surface area (TPSA) is 46.2 Å². The van der Waals surface area contributed by atoms with Crippen molar-refractivity contribution in [3.05, 3.63) is 52.4 Å². The first-order valence-corrected chi connectivity index (χ1v) is 9.07. The van der Waals surface area contributed by atoms with Crippen molar-refractivity contribution in [1.29, 1.82) is 0 Å². The van der Waals surface area contributed by atoms with Crippen molar-refractivity contribution in [3.8, 4) is 0 Å². The van der Waals surface area contributed by atoms with E-state index in [1.165, 1.54) is 22.5 Å². The molecule has 108 valence electrons. The third kappa shape index (κ3) is 3.48. The standard InChI is InChI=1S/C15H19NO2S2/c1-3-12-7-8-13(4-2)14(10-12)11-16-20(17,18)15-6-5-9-19-15/h5-10,16H,3-4,11H2,1-2H3. The number of benzene rings is 1. The second-order valence-electron chi connectivity index (χ2n) is 4.57. The third-order valence-electron chi connectivity index (χ3n) is 3.27. The van der Waals surface area contributed by atoms with Gasteiger partial charge >= 0.3 is 0 Å². The van der Waals surface area contributed by atoms with Crippen LogP contribution in [0.2, 0.25) is 0 Å². The van der Waals surface area contributed by atoms with E-state index < -0.39 is 10.0 Å². The van der Waals surface area contributed by atoms with Gasteiger partial charge in [0, 0.05) is 6.54 Å². The van der Waals surface area contributed by atoms with Crippen LogP contribution in [0.25, 0.3) is 0 Å². The van der Waals surface area contributed by atoms with Crippen molar-refractivity contribution in [2.45, 2.75) is 37.4 Å². The molecular formula is C15H19NO2S2. The predicted molar refractivity (Wildman–Crippen MR) is 83.5 cm³/mol. The molecular weight excluding hydrogens is 290 g/mol. The molecule has 1 N–H and O–H groups in total. The summed E-state index contributed by atoms with van der Waals surface area (Å²) in [4.78, 5) is 0. The van der Waals surface area contributed by atoms with Gasteiger partial charge in [-0.15, -0.1) is 11.3 Å². The Labute approximate surface area is 124 Å². The molecule has 0 saturated carbocycles. The van der Waals surface area contributed by atoms with Crippen molar-refractivity contribution in [2.75, 3.05) is 0 Å². The van der Waals surface area contributed by atoms with Crippen LogP contribution >= 0.6 is 11.3 Å². The van der Waals surface area contributed by atoms with Crippen molar-refractivity contribution < 1.29 is 8.42 Å². The van der Waals surface area contributed by atoms with Crippen molar-refractivity contribution in [2.24, 2.45) is 0 Å². The highest BCUT2D eigenvalue weighted by Crippen LogP contribution is 2.18. The first-order valence-electron chi connectivity index (χ1n) is 6.70. The number of hydrogen-bond acceptors (Lipinski definition) is 3. The van der Waals surface area contributed by atoms with Gasteiger partial charge in [-0.3, -0.25) is 0 Å². The fourth-order valence-electron chi connectivity index (χ4n) is 2.07. The van der Waals surface area contributed by atoms with E-state index in [2.05, 4.69) is 36.8 Å². The highest BCUT2D eigenvalue weighted by atomic mass is 32.2. The fourth-order valence-corrected chi connectivity index (χ4v) is 4.11. The molecule has 1 aromatic heterocycles. The number of nitrogens with one attached hydrogen (secondary N) is 1. The Morgan fingerprint density at radius 1 is 1.10 bits per heavy atom. The number of sulfonamides is 1. The van der Waals surface area contributed by atoms with Gasteiger partial charge < -0.3 is 0 Å². The van der Waals surface area contributed by atoms with E-state index in [4.69, 9.17) is 0 Å². The average Bonchev–Trinajstić information content (AvgIpc) is 3.00. The molecule has 0 radical (unpaired) electrons. The van der Waals surface area contributed by atoms with E-state index in [9.17, 15) is 8.42 Å². The molecule has 0 amide bonds. The van der Waals surface area contributed by atoms with Crippen molar-refractivity contribution >= 4 is 21.4 Å². The van der Waals surface area contributed by atoms with Crippen LogP contribution in [0.3, 0.4) is 0 Å². The molecule has 0 aliphatic rings. The van der Waals surface area contributed by atoms with Gasteiger partial charge in [0.1, 0.15) is 4.21 Å². The smallest absolute Gasteiger partial charge is 0.206 e. The number of aryl methyl sites for hydroxylation is 2. The predicted octanol–water partition coefficient (Wildman–Crippen LogP) is 3.35. The van der Waals surface area contributed by atoms with Gasteiger partial charge in [-0.1, -0.05) is 38.1 Å². The summed E-state index contributed by atoms with van der Waals surface area (Å²) < 4.78 is 27.3. The highest BCUT2D eigenvalue weighted by molar-refractivity contribution is 7.91. The number of thiophene rings is 1. The lowest BCUT2D eigenvalue weighted by molar-refractivity contribution is 0.583. The molecule has 0 spiro atoms. The van der Waals surface area contributed by atoms with E-state index in [-0.39, 0.29) is 0 Å². The number of hydrogen-bond donors (Lipinski definition) is 1. The third-order valence-corrected chi connectivity index (χ3v) is 6.07. The first kappa shape index (κ1) is 15.2. The highest BCUT2D eigenvalue weighted by Gasteiger charge is 2.15. The normalized spacial score (nSPS) is 11.7. The van der Waals surface area contributed by atoms with Gasteiger partial charge in [-0.05, 0) is 41.0 Å². The summed E-state index contributed by atoms with van der Waals surface area (Å²) in [5.74, 6) is 0. The lowest BCUT2D eigenvalue weighted by Gasteiger charge is -2.11. The molecule has 0 saturated heterocycles. The van der Waals surface area contributed by atoms with E-state index in [1.54, 1.807) is 17.5 Å². The van der Waals surface area contributed by atoms with Gasteiger partial charge in [-0.25, -0.2) is 13.1 Å². The zero-order chi connectivity index (χ0) is 14.6. The lowest BCUT2D eigenvalue weighted by Crippen LogP contribution is -2.23. The zero-order valence-electron chi connectivity index (χ0n) is 11.7. The minimum Gasteiger partial charge on any atom is -0.206 e. The van der Waals surface area contributed by atoms with E-state index in [0.717, 1.165) is 18.4 Å². The molecule has 1 heterocycles. The van der Waals surface area contributed by atoms with Crippen LogP contribution in [0.15, 0.2) is 39.9 Å². The van der Waals surface area contributed by atoms with Crippen LogP contribution in [0.1, 0.15) is 30.5 Å². The molecule has 2 aromatic rings. The maximum Gasteiger partial charge on any atom is 0.250 e. The van der Waals surface area contributed by atoms with Crippen molar-refractivity contribution in [1.82, 2.24) is 4.72 Å². The van der Waals surface area contributed by atoms with Gasteiger partial charge in [0.15, 0.2) is 0 Å². The summed E-state index contributed by atoms with van der Waals surface area (Å²) in [5.41, 5.74) is 3.48. The van der Waals surface area contributed by atoms with Crippen LogP contribution < -0.4 is 4.72 Å². The molecule has 3 nitrogen and oxygen atoms in total. The largest absolute Gasteiger partial charge is 0.250 e. The molecule has 5 heteroatoms. The summed E-state index contributed by atoms with van der Waals surface area (Å²) >= 11 is 1.23. The summed E-state index contributed by atoms with van der Waals surface area (Å²) in [7, 11) is -3.39. The number of rotatable bonds is 6. The molecule has 0 aliphatic heterocycles. The van der Waals surface area contributed by atoms with Gasteiger partial charge in [-0.2, -0.15) is 0 Å². The SMILES string of the molecule is CCc1ccc(CC)c(CNS(=O)(=O)c2cccs2)c1. The molecule has 1 aromatic carbocycles. The van der Waals surface area contributed by atoms with Gasteiger partial charge in [0.25, 0.3) is 0 Å². The van der Waals surface area contributed by atoms with Crippen LogP contribution in [0.4, 0.5) is 0 Å². The van der Waals surface area contributed by atoms with Gasteiger partial charge in [0.05, 0.1) is 0 Å². The molecule has 0 unspecified atom stereocenters. The maximum absolute atomic E-state index is 12.1. The molecule has 0 aliphatic carbocycles. The summed E-state index contributed by atoms with van der Waals surface area (Å²) in [6.07, 6.45) is 1.86. The van der Waals surface area contributed by atoms with Crippen LogP contribution in [0, 0.1) is 0 Å². The quantitative estimate of drug-likeness (QED) is 0.889. The summed E-state index contributed by atoms with van der Waals surface area (Å²) in [5, 5.41) is 1.77. The summed E-state index contributed by atoms with van der Waals surface area (Å²) in [6.45, 7) is 4.52. The Hall–Kier alpha value is -1.17. The van der Waals surface area contributed by atoms with Crippen LogP contribution in [-0.2, 0) is 29.4 Å². The molecule has 0 bridgehead atoms. The van der Waals surface area contributed by atoms with E-state index in [0.29, 0.717) is 10.8 Å². The van der Waals surface area contributed by atoms with Gasteiger partial charge in [0.2, 0.25) is 10.0 Å². The second-order valence-corrected chi connectivity index (χ2v) is 7.51. The van der Waals surface area contributed by atoms with Crippen LogP contribution in [0.5, 0.6) is 0 Å². The molecule has 20 heavy (non-hydrogen) atoms. The van der Waals surface area contributed by atoms with Crippen LogP contribution in [-0.4, -0.2) is 8.42 Å². The minimum atomic E-state index is -3.39. The molecule has 0 atom stereocenters. The Morgan fingerprint density at radius 3 is 2.50 bits per heavy atom. The average molecular weight is 309 g/mol. The Kier molecular flexibility index (Phi) is 4.96.